The summed E-state index contributed by atoms with van der Waals surface area (Å²) in [6.07, 6.45) is 8.07. The minimum absolute atomic E-state index is 0.259. The zero-order valence-corrected chi connectivity index (χ0v) is 22.1. The Morgan fingerprint density at radius 3 is 2.78 bits per heavy atom. The van der Waals surface area contributed by atoms with E-state index >= 15 is 0 Å². The summed E-state index contributed by atoms with van der Waals surface area (Å²) in [6.45, 7) is 13.4. The second kappa shape index (κ2) is 11.1. The summed E-state index contributed by atoms with van der Waals surface area (Å²) in [5.41, 5.74) is 5.65. The van der Waals surface area contributed by atoms with Gasteiger partial charge in [-0.1, -0.05) is 24.8 Å². The van der Waals surface area contributed by atoms with Gasteiger partial charge in [0.05, 0.1) is 12.8 Å². The summed E-state index contributed by atoms with van der Waals surface area (Å²) in [4.78, 5) is 14.3. The fraction of sp³-hybridized carbons (Fsp3) is 0.500. The highest BCUT2D eigenvalue weighted by molar-refractivity contribution is 5.62. The van der Waals surface area contributed by atoms with Crippen LogP contribution in [0.15, 0.2) is 48.7 Å². The lowest BCUT2D eigenvalue weighted by Gasteiger charge is -2.33. The van der Waals surface area contributed by atoms with Gasteiger partial charge in [-0.25, -0.2) is 15.0 Å². The van der Waals surface area contributed by atoms with E-state index in [1.807, 2.05) is 22.7 Å². The second-order valence-electron chi connectivity index (χ2n) is 10.4. The monoisotopic (exact) mass is 490 g/mol. The van der Waals surface area contributed by atoms with Gasteiger partial charge in [0.1, 0.15) is 34.3 Å². The van der Waals surface area contributed by atoms with Crippen LogP contribution in [0.3, 0.4) is 0 Å². The van der Waals surface area contributed by atoms with Crippen LogP contribution in [0.1, 0.15) is 52.0 Å². The number of methoxy groups -OCH3 is 1. The average Bonchev–Trinajstić information content (AvgIpc) is 3.25. The Bertz CT molecular complexity index is 1240. The van der Waals surface area contributed by atoms with Crippen molar-refractivity contribution in [2.45, 2.75) is 65.0 Å². The molecule has 2 N–H and O–H groups in total. The largest absolute Gasteiger partial charge is 0.484 e. The molecule has 0 aliphatic heterocycles. The van der Waals surface area contributed by atoms with Crippen molar-refractivity contribution in [3.05, 3.63) is 54.2 Å². The van der Waals surface area contributed by atoms with Crippen molar-refractivity contribution in [1.82, 2.24) is 19.4 Å². The molecule has 0 bridgehead atoms. The normalized spacial score (nSPS) is 18.0. The molecule has 1 aliphatic rings. The molecule has 3 heterocycles. The number of allylic oxidation sites excluding steroid dienone is 1. The molecule has 192 valence electrons. The zero-order chi connectivity index (χ0) is 25.7. The summed E-state index contributed by atoms with van der Waals surface area (Å²) in [5, 5.41) is 7.03. The fourth-order valence-corrected chi connectivity index (χ4v) is 4.62. The third-order valence-corrected chi connectivity index (χ3v) is 6.21. The molecule has 8 heteroatoms. The molecule has 1 fully saturated rings. The van der Waals surface area contributed by atoms with Crippen molar-refractivity contribution in [3.63, 3.8) is 0 Å². The fourth-order valence-electron chi connectivity index (χ4n) is 4.62. The van der Waals surface area contributed by atoms with E-state index in [9.17, 15) is 0 Å². The first-order valence-corrected chi connectivity index (χ1v) is 12.7. The first-order chi connectivity index (χ1) is 17.3. The van der Waals surface area contributed by atoms with E-state index in [0.717, 1.165) is 60.0 Å². The molecular formula is C28H38N6O2. The molecule has 8 nitrogen and oxygen atoms in total. The van der Waals surface area contributed by atoms with E-state index in [2.05, 4.69) is 67.9 Å². The van der Waals surface area contributed by atoms with E-state index in [0.29, 0.717) is 19.0 Å². The summed E-state index contributed by atoms with van der Waals surface area (Å²) < 4.78 is 13.4. The van der Waals surface area contributed by atoms with Crippen LogP contribution in [-0.2, 0) is 9.47 Å². The number of pyridine rings is 1. The maximum Gasteiger partial charge on any atom is 0.182 e. The number of fused-ring (bicyclic) bond motifs is 1. The smallest absolute Gasteiger partial charge is 0.182 e. The van der Waals surface area contributed by atoms with Crippen LogP contribution in [0.4, 0.5) is 11.6 Å². The Morgan fingerprint density at radius 2 is 2.03 bits per heavy atom. The third kappa shape index (κ3) is 6.45. The van der Waals surface area contributed by atoms with Crippen LogP contribution in [0.25, 0.3) is 17.2 Å². The van der Waals surface area contributed by atoms with Gasteiger partial charge in [0.25, 0.3) is 0 Å². The number of nitrogens with zero attached hydrogens (tertiary/aromatic N) is 4. The molecule has 0 aromatic carbocycles. The number of aryl methyl sites for hydroxylation is 1. The number of rotatable bonds is 9. The lowest BCUT2D eigenvalue weighted by molar-refractivity contribution is 0.0285. The average molecular weight is 491 g/mol. The van der Waals surface area contributed by atoms with Crippen LogP contribution in [0.5, 0.6) is 0 Å². The van der Waals surface area contributed by atoms with Crippen LogP contribution in [0.2, 0.25) is 0 Å². The Hall–Kier alpha value is -3.35. The van der Waals surface area contributed by atoms with Crippen LogP contribution in [-0.4, -0.2) is 51.3 Å². The Morgan fingerprint density at radius 1 is 1.22 bits per heavy atom. The maximum atomic E-state index is 6.18. The highest BCUT2D eigenvalue weighted by Crippen LogP contribution is 2.34. The predicted octanol–water partition coefficient (Wildman–Crippen LogP) is 5.61. The highest BCUT2D eigenvalue weighted by atomic mass is 16.5. The topological polar surface area (TPSA) is 85.6 Å². The van der Waals surface area contributed by atoms with Crippen LogP contribution in [0, 0.1) is 12.8 Å². The van der Waals surface area contributed by atoms with Gasteiger partial charge >= 0.3 is 0 Å². The standard InChI is InChI=1S/C28H38N6O2/c1-7-23(36-28(3,4)5)20-9-8-10-21(15-20)31-25-16-24(29-13-14-35-6)32-27(33-25)22-17-30-26-12-11-19(2)18-34(22)26/h11-12,16-18,20-21H,1,8-10,13-15H2,2-6H3,(H2,29,31,32,33)/t20?,21-/m1/s1. The summed E-state index contributed by atoms with van der Waals surface area (Å²) >= 11 is 0. The van der Waals surface area contributed by atoms with Crippen molar-refractivity contribution < 1.29 is 9.47 Å². The summed E-state index contributed by atoms with van der Waals surface area (Å²) in [5.74, 6) is 3.30. The minimum Gasteiger partial charge on any atom is -0.484 e. The number of nitrogens with one attached hydrogen (secondary N) is 2. The first-order valence-electron chi connectivity index (χ1n) is 12.7. The highest BCUT2D eigenvalue weighted by Gasteiger charge is 2.28. The molecule has 3 aromatic rings. The number of anilines is 2. The second-order valence-corrected chi connectivity index (χ2v) is 10.4. The quantitative estimate of drug-likeness (QED) is 0.229. The maximum absolute atomic E-state index is 6.18. The number of imidazole rings is 1. The lowest BCUT2D eigenvalue weighted by atomic mass is 9.84. The van der Waals surface area contributed by atoms with Gasteiger partial charge in [0, 0.05) is 37.9 Å². The Labute approximate surface area is 213 Å². The third-order valence-electron chi connectivity index (χ3n) is 6.21. The summed E-state index contributed by atoms with van der Waals surface area (Å²) in [7, 11) is 1.69. The molecule has 1 aliphatic carbocycles. The van der Waals surface area contributed by atoms with Gasteiger partial charge in [0.2, 0.25) is 0 Å². The Kier molecular flexibility index (Phi) is 7.97. The van der Waals surface area contributed by atoms with Crippen molar-refractivity contribution in [1.29, 1.82) is 0 Å². The van der Waals surface area contributed by atoms with E-state index in [4.69, 9.17) is 19.4 Å². The Balaban J connectivity index is 1.60. The molecule has 0 saturated heterocycles. The number of hydrogen-bond acceptors (Lipinski definition) is 7. The van der Waals surface area contributed by atoms with E-state index in [-0.39, 0.29) is 17.6 Å². The van der Waals surface area contributed by atoms with Crippen molar-refractivity contribution in [3.8, 4) is 11.5 Å². The van der Waals surface area contributed by atoms with Crippen LogP contribution >= 0.6 is 0 Å². The minimum atomic E-state index is -0.267. The lowest BCUT2D eigenvalue weighted by Crippen LogP contribution is -2.31. The van der Waals surface area contributed by atoms with Crippen molar-refractivity contribution >= 4 is 17.3 Å². The van der Waals surface area contributed by atoms with Gasteiger partial charge in [-0.3, -0.25) is 4.40 Å². The van der Waals surface area contributed by atoms with Gasteiger partial charge in [-0.15, -0.1) is 0 Å². The molecule has 3 aromatic heterocycles. The van der Waals surface area contributed by atoms with Crippen molar-refractivity contribution in [2.24, 2.45) is 5.92 Å². The van der Waals surface area contributed by atoms with Crippen LogP contribution < -0.4 is 10.6 Å². The molecule has 0 amide bonds. The molecular weight excluding hydrogens is 452 g/mol. The molecule has 36 heavy (non-hydrogen) atoms. The van der Waals surface area contributed by atoms with E-state index < -0.39 is 0 Å². The number of ether oxygens (including phenoxy) is 2. The van der Waals surface area contributed by atoms with Gasteiger partial charge in [-0.05, 0) is 58.6 Å². The van der Waals surface area contributed by atoms with E-state index in [1.165, 1.54) is 0 Å². The van der Waals surface area contributed by atoms with Gasteiger partial charge < -0.3 is 20.1 Å². The van der Waals surface area contributed by atoms with E-state index in [1.54, 1.807) is 7.11 Å². The number of hydrogen-bond donors (Lipinski definition) is 2. The molecule has 0 spiro atoms. The molecule has 0 radical (unpaired) electrons. The summed E-state index contributed by atoms with van der Waals surface area (Å²) in [6, 6.07) is 6.28. The number of aromatic nitrogens is 4. The zero-order valence-electron chi connectivity index (χ0n) is 22.1. The SMILES string of the molecule is C=C=C(OC(C)(C)C)C1CCC[C@@H](Nc2cc(NCCOC)nc(-c3cnc4ccc(C)cn34)n2)C1. The van der Waals surface area contributed by atoms with Gasteiger partial charge in [0.15, 0.2) is 5.82 Å². The molecule has 2 atom stereocenters. The molecule has 1 unspecified atom stereocenters. The molecule has 1 saturated carbocycles. The van der Waals surface area contributed by atoms with Gasteiger partial charge in [-0.2, -0.15) is 0 Å². The first kappa shape index (κ1) is 25.7. The van der Waals surface area contributed by atoms with Crippen molar-refractivity contribution in [2.75, 3.05) is 30.9 Å². The molecule has 4 rings (SSSR count). The predicted molar refractivity (Wildman–Crippen MR) is 144 cm³/mol.